The summed E-state index contributed by atoms with van der Waals surface area (Å²) >= 11 is 1.48. The van der Waals surface area contributed by atoms with Crippen molar-refractivity contribution in [3.05, 3.63) is 63.3 Å². The van der Waals surface area contributed by atoms with Crippen LogP contribution in [0.1, 0.15) is 18.1 Å². The predicted molar refractivity (Wildman–Crippen MR) is 109 cm³/mol. The molecule has 2 aromatic carbocycles. The van der Waals surface area contributed by atoms with E-state index in [9.17, 15) is 4.79 Å². The van der Waals surface area contributed by atoms with Gasteiger partial charge in [0.05, 0.1) is 7.11 Å². The van der Waals surface area contributed by atoms with Crippen LogP contribution in [0.3, 0.4) is 0 Å². The van der Waals surface area contributed by atoms with Crippen LogP contribution in [0.15, 0.2) is 46.6 Å². The van der Waals surface area contributed by atoms with Crippen LogP contribution in [-0.4, -0.2) is 12.1 Å². The van der Waals surface area contributed by atoms with Crippen molar-refractivity contribution in [2.45, 2.75) is 19.8 Å². The summed E-state index contributed by atoms with van der Waals surface area (Å²) in [6, 6.07) is 12.7. The number of rotatable bonds is 2. The molecule has 1 unspecified atom stereocenters. The molecule has 2 aromatic heterocycles. The fourth-order valence-corrected chi connectivity index (χ4v) is 5.07. The Morgan fingerprint density at radius 2 is 1.96 bits per heavy atom. The summed E-state index contributed by atoms with van der Waals surface area (Å²) < 4.78 is 6.48. The number of methoxy groups -OCH3 is 1. The van der Waals surface area contributed by atoms with Gasteiger partial charge >= 0.3 is 0 Å². The summed E-state index contributed by atoms with van der Waals surface area (Å²) in [7, 11) is 1.70. The molecule has 130 valence electrons. The number of H-pyrrole nitrogens is 1. The molecule has 1 aliphatic rings. The highest BCUT2D eigenvalue weighted by Crippen LogP contribution is 2.41. The number of aromatic nitrogens is 1. The van der Waals surface area contributed by atoms with Crippen LogP contribution >= 0.6 is 11.3 Å². The quantitative estimate of drug-likeness (QED) is 0.536. The molecule has 0 radical (unpaired) electrons. The third-order valence-electron chi connectivity index (χ3n) is 5.41. The average Bonchev–Trinajstić information content (AvgIpc) is 3.26. The minimum Gasteiger partial charge on any atom is -0.496 e. The van der Waals surface area contributed by atoms with E-state index in [4.69, 9.17) is 4.74 Å². The van der Waals surface area contributed by atoms with Crippen LogP contribution in [0.5, 0.6) is 5.75 Å². The number of pyridine rings is 1. The summed E-state index contributed by atoms with van der Waals surface area (Å²) in [4.78, 5) is 15.4. The minimum atomic E-state index is -0.0265. The van der Waals surface area contributed by atoms with Gasteiger partial charge in [0.2, 0.25) is 0 Å². The Kier molecular flexibility index (Phi) is 3.44. The van der Waals surface area contributed by atoms with Crippen LogP contribution in [0.4, 0.5) is 0 Å². The summed E-state index contributed by atoms with van der Waals surface area (Å²) in [5.41, 5.74) is 5.92. The van der Waals surface area contributed by atoms with Gasteiger partial charge in [0, 0.05) is 21.9 Å². The highest BCUT2D eigenvalue weighted by atomic mass is 32.1. The first-order valence-corrected chi connectivity index (χ1v) is 9.76. The van der Waals surface area contributed by atoms with Gasteiger partial charge in [-0.05, 0) is 59.0 Å². The summed E-state index contributed by atoms with van der Waals surface area (Å²) in [6.07, 6.45) is 2.28. The van der Waals surface area contributed by atoms with Crippen LogP contribution in [0.2, 0.25) is 0 Å². The molecule has 0 fully saturated rings. The van der Waals surface area contributed by atoms with Crippen molar-refractivity contribution in [3.8, 4) is 16.9 Å². The number of hydrogen-bond donors (Lipinski definition) is 1. The second kappa shape index (κ2) is 5.71. The van der Waals surface area contributed by atoms with Gasteiger partial charge in [0.25, 0.3) is 5.56 Å². The van der Waals surface area contributed by atoms with E-state index >= 15 is 0 Å². The van der Waals surface area contributed by atoms with Crippen molar-refractivity contribution in [2.75, 3.05) is 7.11 Å². The molecule has 1 atom stereocenters. The third-order valence-corrected chi connectivity index (χ3v) is 6.32. The number of fused-ring (bicyclic) bond motifs is 4. The first-order valence-electron chi connectivity index (χ1n) is 8.88. The molecule has 0 amide bonds. The topological polar surface area (TPSA) is 42.1 Å². The zero-order valence-corrected chi connectivity index (χ0v) is 15.6. The normalized spacial score (nSPS) is 16.3. The van der Waals surface area contributed by atoms with E-state index in [0.29, 0.717) is 5.92 Å². The van der Waals surface area contributed by atoms with Crippen LogP contribution in [-0.2, 0) is 12.8 Å². The summed E-state index contributed by atoms with van der Waals surface area (Å²) in [5, 5.41) is 4.04. The molecule has 26 heavy (non-hydrogen) atoms. The summed E-state index contributed by atoms with van der Waals surface area (Å²) in [6.45, 7) is 2.30. The fourth-order valence-electron chi connectivity index (χ4n) is 4.28. The molecule has 2 heterocycles. The van der Waals surface area contributed by atoms with Crippen molar-refractivity contribution in [2.24, 2.45) is 5.92 Å². The Balaban J connectivity index is 1.88. The standard InChI is InChI=1S/C22H19NO2S/c1-12-9-13-3-4-14(11-15(13)10-12)19-18(25-2)6-5-17-20(19)16-7-8-26-21(16)22(24)23-17/h3-8,11-12H,9-10H2,1-2H3,(H,23,24). The van der Waals surface area contributed by atoms with E-state index < -0.39 is 0 Å². The Labute approximate surface area is 155 Å². The van der Waals surface area contributed by atoms with Gasteiger partial charge in [-0.15, -0.1) is 11.3 Å². The van der Waals surface area contributed by atoms with Crippen LogP contribution in [0.25, 0.3) is 32.1 Å². The van der Waals surface area contributed by atoms with Crippen LogP contribution in [0, 0.1) is 5.92 Å². The Bertz CT molecular complexity index is 1220. The Morgan fingerprint density at radius 1 is 1.12 bits per heavy atom. The lowest BCUT2D eigenvalue weighted by Crippen LogP contribution is -2.05. The molecule has 4 aromatic rings. The van der Waals surface area contributed by atoms with Crippen molar-refractivity contribution in [3.63, 3.8) is 0 Å². The molecule has 0 saturated carbocycles. The number of thiophene rings is 1. The first-order chi connectivity index (χ1) is 12.7. The lowest BCUT2D eigenvalue weighted by atomic mass is 9.95. The second-order valence-electron chi connectivity index (χ2n) is 7.18. The zero-order chi connectivity index (χ0) is 17.8. The van der Waals surface area contributed by atoms with Crippen LogP contribution < -0.4 is 10.3 Å². The van der Waals surface area contributed by atoms with E-state index in [2.05, 4.69) is 30.1 Å². The third kappa shape index (κ3) is 2.22. The van der Waals surface area contributed by atoms with Gasteiger partial charge in [-0.25, -0.2) is 0 Å². The number of nitrogens with one attached hydrogen (secondary N) is 1. The van der Waals surface area contributed by atoms with Gasteiger partial charge in [0.1, 0.15) is 10.4 Å². The van der Waals surface area contributed by atoms with E-state index in [0.717, 1.165) is 50.7 Å². The van der Waals surface area contributed by atoms with Crippen molar-refractivity contribution in [1.29, 1.82) is 0 Å². The average molecular weight is 361 g/mol. The Morgan fingerprint density at radius 3 is 2.81 bits per heavy atom. The van der Waals surface area contributed by atoms with Gasteiger partial charge in [0.15, 0.2) is 0 Å². The maximum atomic E-state index is 12.4. The Hall–Kier alpha value is -2.59. The predicted octanol–water partition coefficient (Wildman–Crippen LogP) is 5.15. The molecule has 4 heteroatoms. The highest BCUT2D eigenvalue weighted by molar-refractivity contribution is 7.17. The molecular formula is C22H19NO2S. The first kappa shape index (κ1) is 15.6. The fraction of sp³-hybridized carbons (Fsp3) is 0.227. The second-order valence-corrected chi connectivity index (χ2v) is 8.10. The maximum Gasteiger partial charge on any atom is 0.266 e. The number of ether oxygens (including phenoxy) is 1. The lowest BCUT2D eigenvalue weighted by Gasteiger charge is -2.14. The SMILES string of the molecule is COc1ccc2[nH]c(=O)c3sccc3c2c1-c1ccc2c(c1)CC(C)C2. The monoisotopic (exact) mass is 361 g/mol. The smallest absolute Gasteiger partial charge is 0.266 e. The molecule has 1 aliphatic carbocycles. The van der Waals surface area contributed by atoms with E-state index in [1.54, 1.807) is 7.11 Å². The van der Waals surface area contributed by atoms with Gasteiger partial charge < -0.3 is 9.72 Å². The molecule has 0 spiro atoms. The van der Waals surface area contributed by atoms with Gasteiger partial charge in [-0.1, -0.05) is 25.1 Å². The van der Waals surface area contributed by atoms with Gasteiger partial charge in [-0.2, -0.15) is 0 Å². The number of benzene rings is 2. The molecule has 0 aliphatic heterocycles. The maximum absolute atomic E-state index is 12.4. The lowest BCUT2D eigenvalue weighted by molar-refractivity contribution is 0.417. The number of hydrogen-bond acceptors (Lipinski definition) is 3. The largest absolute Gasteiger partial charge is 0.496 e. The highest BCUT2D eigenvalue weighted by Gasteiger charge is 2.21. The zero-order valence-electron chi connectivity index (χ0n) is 14.8. The van der Waals surface area contributed by atoms with Crippen molar-refractivity contribution >= 4 is 32.3 Å². The van der Waals surface area contributed by atoms with Crippen molar-refractivity contribution < 1.29 is 4.74 Å². The summed E-state index contributed by atoms with van der Waals surface area (Å²) in [5.74, 6) is 1.54. The molecule has 0 saturated heterocycles. The van der Waals surface area contributed by atoms with E-state index in [1.165, 1.54) is 22.5 Å². The molecule has 1 N–H and O–H groups in total. The molecule has 0 bridgehead atoms. The van der Waals surface area contributed by atoms with Crippen molar-refractivity contribution in [1.82, 2.24) is 4.98 Å². The molecule has 5 rings (SSSR count). The van der Waals surface area contributed by atoms with Gasteiger partial charge in [-0.3, -0.25) is 4.79 Å². The molecule has 3 nitrogen and oxygen atoms in total. The van der Waals surface area contributed by atoms with E-state index in [1.807, 2.05) is 23.6 Å². The minimum absolute atomic E-state index is 0.0265. The molecular weight excluding hydrogens is 342 g/mol. The van der Waals surface area contributed by atoms with E-state index in [-0.39, 0.29) is 5.56 Å². The number of aromatic amines is 1.